The first-order valence-electron chi connectivity index (χ1n) is 4.07. The molecule has 0 radical (unpaired) electrons. The van der Waals surface area contributed by atoms with Crippen LogP contribution in [0.4, 0.5) is 4.79 Å². The lowest BCUT2D eigenvalue weighted by atomic mass is 10.6. The number of hydrogen-bond donors (Lipinski definition) is 4. The van der Waals surface area contributed by atoms with Crippen molar-refractivity contribution >= 4 is 19.6 Å². The van der Waals surface area contributed by atoms with Gasteiger partial charge in [0.25, 0.3) is 0 Å². The van der Waals surface area contributed by atoms with Crippen molar-refractivity contribution in [3.63, 3.8) is 0 Å². The molecule has 0 aromatic rings. The van der Waals surface area contributed by atoms with Crippen molar-refractivity contribution in [2.24, 2.45) is 0 Å². The van der Waals surface area contributed by atoms with Crippen LogP contribution in [0.1, 0.15) is 6.92 Å². The zero-order chi connectivity index (χ0) is 11.9. The Kier molecular flexibility index (Phi) is 5.92. The average Bonchev–Trinajstić information content (AvgIpc) is 2.11. The van der Waals surface area contributed by atoms with E-state index in [0.717, 1.165) is 0 Å². The molecule has 9 heteroatoms. The summed E-state index contributed by atoms with van der Waals surface area (Å²) in [5.74, 6) is -0.621. The predicted molar refractivity (Wildman–Crippen MR) is 50.1 cm³/mol. The van der Waals surface area contributed by atoms with Crippen molar-refractivity contribution in [3.8, 4) is 0 Å². The van der Waals surface area contributed by atoms with Crippen molar-refractivity contribution < 1.29 is 28.7 Å². The van der Waals surface area contributed by atoms with E-state index < -0.39 is 25.9 Å². The highest BCUT2D eigenvalue weighted by atomic mass is 31.2. The van der Waals surface area contributed by atoms with Gasteiger partial charge in [-0.2, -0.15) is 0 Å². The molecule has 0 aliphatic rings. The molecule has 88 valence electrons. The van der Waals surface area contributed by atoms with Crippen LogP contribution in [0.15, 0.2) is 0 Å². The topological polar surface area (TPSA) is 125 Å². The van der Waals surface area contributed by atoms with Crippen LogP contribution in [-0.4, -0.2) is 41.2 Å². The van der Waals surface area contributed by atoms with Crippen molar-refractivity contribution in [2.75, 3.05) is 19.4 Å². The summed E-state index contributed by atoms with van der Waals surface area (Å²) in [5.41, 5.74) is 0. The van der Waals surface area contributed by atoms with Gasteiger partial charge >= 0.3 is 19.6 Å². The molecule has 0 atom stereocenters. The second-order valence-electron chi connectivity index (χ2n) is 2.49. The Morgan fingerprint density at radius 3 is 2.40 bits per heavy atom. The highest BCUT2D eigenvalue weighted by Crippen LogP contribution is 2.31. The number of carbonyl (C=O) groups excluding carboxylic acids is 2. The minimum Gasteiger partial charge on any atom is -0.465 e. The van der Waals surface area contributed by atoms with E-state index in [1.807, 2.05) is 5.32 Å². The molecule has 0 aromatic carbocycles. The van der Waals surface area contributed by atoms with Crippen LogP contribution >= 0.6 is 7.60 Å². The maximum atomic E-state index is 10.8. The van der Waals surface area contributed by atoms with Crippen LogP contribution in [-0.2, 0) is 14.1 Å². The Morgan fingerprint density at radius 2 is 1.93 bits per heavy atom. The van der Waals surface area contributed by atoms with E-state index in [9.17, 15) is 14.2 Å². The maximum absolute atomic E-state index is 10.8. The fourth-order valence-corrected chi connectivity index (χ4v) is 0.951. The van der Waals surface area contributed by atoms with E-state index in [2.05, 4.69) is 10.1 Å². The number of nitrogens with one attached hydrogen (secondary N) is 2. The van der Waals surface area contributed by atoms with Gasteiger partial charge in [0.05, 0.1) is 6.61 Å². The van der Waals surface area contributed by atoms with Gasteiger partial charge in [-0.15, -0.1) is 0 Å². The van der Waals surface area contributed by atoms with Gasteiger partial charge in [0, 0.05) is 0 Å². The summed E-state index contributed by atoms with van der Waals surface area (Å²) in [6.45, 7) is 1.47. The van der Waals surface area contributed by atoms with Crippen molar-refractivity contribution in [1.29, 1.82) is 0 Å². The predicted octanol–water partition coefficient (Wildman–Crippen LogP) is -1.02. The van der Waals surface area contributed by atoms with Crippen LogP contribution in [0.2, 0.25) is 0 Å². The van der Waals surface area contributed by atoms with Gasteiger partial charge in [-0.3, -0.25) is 9.36 Å². The SMILES string of the molecule is CCOC(=O)CNC(=O)NCP(=O)(O)O. The van der Waals surface area contributed by atoms with E-state index in [1.54, 1.807) is 6.92 Å². The first-order valence-corrected chi connectivity index (χ1v) is 5.87. The normalized spacial score (nSPS) is 10.6. The molecule has 0 aromatic heterocycles. The van der Waals surface area contributed by atoms with Crippen molar-refractivity contribution in [1.82, 2.24) is 10.6 Å². The molecule has 0 heterocycles. The molecule has 0 aliphatic heterocycles. The van der Waals surface area contributed by atoms with E-state index in [1.165, 1.54) is 0 Å². The minimum absolute atomic E-state index is 0.199. The monoisotopic (exact) mass is 240 g/mol. The lowest BCUT2D eigenvalue weighted by Gasteiger charge is -2.07. The number of rotatable bonds is 5. The lowest BCUT2D eigenvalue weighted by Crippen LogP contribution is -2.39. The zero-order valence-corrected chi connectivity index (χ0v) is 8.99. The number of esters is 1. The largest absolute Gasteiger partial charge is 0.465 e. The number of ether oxygens (including phenoxy) is 1. The van der Waals surface area contributed by atoms with Crippen molar-refractivity contribution in [3.05, 3.63) is 0 Å². The van der Waals surface area contributed by atoms with E-state index in [4.69, 9.17) is 9.79 Å². The molecule has 8 nitrogen and oxygen atoms in total. The summed E-state index contributed by atoms with van der Waals surface area (Å²) in [7, 11) is -4.27. The second kappa shape index (κ2) is 6.39. The molecule has 0 fully saturated rings. The smallest absolute Gasteiger partial charge is 0.344 e. The Balaban J connectivity index is 3.67. The maximum Gasteiger partial charge on any atom is 0.344 e. The average molecular weight is 240 g/mol. The fraction of sp³-hybridized carbons (Fsp3) is 0.667. The highest BCUT2D eigenvalue weighted by Gasteiger charge is 2.14. The minimum atomic E-state index is -4.27. The van der Waals surface area contributed by atoms with Crippen LogP contribution < -0.4 is 10.6 Å². The summed E-state index contributed by atoms with van der Waals surface area (Å²) in [4.78, 5) is 38.4. The van der Waals surface area contributed by atoms with Crippen LogP contribution in [0.5, 0.6) is 0 Å². The van der Waals surface area contributed by atoms with E-state index in [0.29, 0.717) is 0 Å². The first kappa shape index (κ1) is 13.9. The Morgan fingerprint density at radius 1 is 1.33 bits per heavy atom. The molecule has 0 saturated heterocycles. The third-order valence-corrected chi connectivity index (χ3v) is 1.71. The molecule has 0 saturated carbocycles. The van der Waals surface area contributed by atoms with Crippen LogP contribution in [0.25, 0.3) is 0 Å². The van der Waals surface area contributed by atoms with Crippen LogP contribution in [0, 0.1) is 0 Å². The zero-order valence-electron chi connectivity index (χ0n) is 8.10. The Bertz CT molecular complexity index is 275. The molecule has 0 rings (SSSR count). The standard InChI is InChI=1S/C6H13N2O6P/c1-2-14-5(9)3-7-6(10)8-4-15(11,12)13/h2-4H2,1H3,(H2,7,8,10)(H2,11,12,13). The van der Waals surface area contributed by atoms with Crippen molar-refractivity contribution in [2.45, 2.75) is 6.92 Å². The van der Waals surface area contributed by atoms with Gasteiger partial charge in [0.2, 0.25) is 0 Å². The second-order valence-corrected chi connectivity index (χ2v) is 4.13. The molecular formula is C6H13N2O6P. The van der Waals surface area contributed by atoms with E-state index >= 15 is 0 Å². The number of urea groups is 1. The quantitative estimate of drug-likeness (QED) is 0.360. The van der Waals surface area contributed by atoms with Gasteiger partial charge in [0.15, 0.2) is 0 Å². The van der Waals surface area contributed by atoms with Crippen LogP contribution in [0.3, 0.4) is 0 Å². The molecule has 2 amide bonds. The van der Waals surface area contributed by atoms with Gasteiger partial charge in [-0.05, 0) is 6.92 Å². The summed E-state index contributed by atoms with van der Waals surface area (Å²) in [6, 6.07) is -0.841. The third-order valence-electron chi connectivity index (χ3n) is 1.14. The summed E-state index contributed by atoms with van der Waals surface area (Å²) in [6.07, 6.45) is -0.776. The molecule has 15 heavy (non-hydrogen) atoms. The molecule has 4 N–H and O–H groups in total. The molecule has 0 spiro atoms. The number of carbonyl (C=O) groups is 2. The van der Waals surface area contributed by atoms with Gasteiger partial charge in [-0.1, -0.05) is 0 Å². The summed E-state index contributed by atoms with van der Waals surface area (Å²) < 4.78 is 14.8. The van der Waals surface area contributed by atoms with E-state index in [-0.39, 0.29) is 13.2 Å². The van der Waals surface area contributed by atoms with Gasteiger partial charge in [0.1, 0.15) is 12.8 Å². The Hall–Kier alpha value is -1.11. The first-order chi connectivity index (χ1) is 6.85. The summed E-state index contributed by atoms with van der Waals surface area (Å²) in [5, 5.41) is 3.97. The third kappa shape index (κ3) is 9.20. The molecular weight excluding hydrogens is 227 g/mol. The van der Waals surface area contributed by atoms with Gasteiger partial charge < -0.3 is 25.2 Å². The molecule has 0 unspecified atom stereocenters. The highest BCUT2D eigenvalue weighted by molar-refractivity contribution is 7.51. The molecule has 0 bridgehead atoms. The number of amides is 2. The van der Waals surface area contributed by atoms with Gasteiger partial charge in [-0.25, -0.2) is 4.79 Å². The molecule has 0 aliphatic carbocycles. The number of hydrogen-bond acceptors (Lipinski definition) is 4. The lowest BCUT2D eigenvalue weighted by molar-refractivity contribution is -0.141. The fourth-order valence-electron chi connectivity index (χ4n) is 0.602. The summed E-state index contributed by atoms with van der Waals surface area (Å²) >= 11 is 0. The Labute approximate surface area is 86.2 Å².